The van der Waals surface area contributed by atoms with Gasteiger partial charge in [0, 0.05) is 0 Å². The number of carbonyl (C=O) groups is 1. The standard InChI is InChI=1S/CH2O2.Ba/c2-1-3;/h1H,(H,2,3);/q;+2. The molecule has 0 aromatic carbocycles. The van der Waals surface area contributed by atoms with Crippen molar-refractivity contribution in [3.8, 4) is 0 Å². The van der Waals surface area contributed by atoms with Gasteiger partial charge in [0.2, 0.25) is 0 Å². The summed E-state index contributed by atoms with van der Waals surface area (Å²) in [6.45, 7) is -0.250. The van der Waals surface area contributed by atoms with E-state index >= 15 is 0 Å². The molecule has 0 aliphatic rings. The molecule has 0 atom stereocenters. The molecule has 0 unspecified atom stereocenters. The van der Waals surface area contributed by atoms with E-state index in [2.05, 4.69) is 0 Å². The van der Waals surface area contributed by atoms with Crippen LogP contribution in [0.25, 0.3) is 0 Å². The Labute approximate surface area is 64.3 Å². The minimum absolute atomic E-state index is 0. The molecule has 3 heteroatoms. The van der Waals surface area contributed by atoms with Crippen LogP contribution >= 0.6 is 0 Å². The van der Waals surface area contributed by atoms with Crippen LogP contribution in [0.15, 0.2) is 0 Å². The summed E-state index contributed by atoms with van der Waals surface area (Å²) in [4.78, 5) is 8.36. The Morgan fingerprint density at radius 3 is 1.75 bits per heavy atom. The molecule has 0 bridgehead atoms. The smallest absolute Gasteiger partial charge is 0.483 e. The molecule has 4 heavy (non-hydrogen) atoms. The van der Waals surface area contributed by atoms with Crippen molar-refractivity contribution in [3.63, 3.8) is 0 Å². The van der Waals surface area contributed by atoms with Gasteiger partial charge in [-0.25, -0.2) is 0 Å². The summed E-state index contributed by atoms with van der Waals surface area (Å²) < 4.78 is 0. The zero-order valence-electron chi connectivity index (χ0n) is 2.14. The molecule has 0 saturated heterocycles. The topological polar surface area (TPSA) is 37.3 Å². The van der Waals surface area contributed by atoms with Crippen LogP contribution in [0.3, 0.4) is 0 Å². The van der Waals surface area contributed by atoms with Crippen LogP contribution in [0.5, 0.6) is 0 Å². The van der Waals surface area contributed by atoms with Crippen LogP contribution in [0.4, 0.5) is 0 Å². The monoisotopic (exact) mass is 184 g/mol. The largest absolute Gasteiger partial charge is 2.00 e. The molecule has 0 aromatic heterocycles. The molecule has 0 aliphatic carbocycles. The fourth-order valence-corrected chi connectivity index (χ4v) is 0. The molecule has 1 N–H and O–H groups in total. The molecule has 0 aromatic rings. The summed E-state index contributed by atoms with van der Waals surface area (Å²) in [6.07, 6.45) is 0. The van der Waals surface area contributed by atoms with Gasteiger partial charge in [0.15, 0.2) is 0 Å². The van der Waals surface area contributed by atoms with E-state index in [1.165, 1.54) is 0 Å². The summed E-state index contributed by atoms with van der Waals surface area (Å²) in [5, 5.41) is 6.89. The van der Waals surface area contributed by atoms with E-state index < -0.39 is 0 Å². The maximum absolute atomic E-state index is 8.36. The molecule has 0 heterocycles. The molecule has 0 rings (SSSR count). The number of rotatable bonds is 0. The molecular formula is CH2BaO2+2. The van der Waals surface area contributed by atoms with Crippen LogP contribution in [0, 0.1) is 0 Å². The maximum atomic E-state index is 8.36. The predicted octanol–water partition coefficient (Wildman–Crippen LogP) is -0.680. The molecular weight excluding hydrogens is 181 g/mol. The Morgan fingerprint density at radius 2 is 1.75 bits per heavy atom. The third-order valence-corrected chi connectivity index (χ3v) is 0. The summed E-state index contributed by atoms with van der Waals surface area (Å²) in [5.41, 5.74) is 0. The Balaban J connectivity index is 0. The summed E-state index contributed by atoms with van der Waals surface area (Å²) in [5.74, 6) is 0. The van der Waals surface area contributed by atoms with E-state index in [9.17, 15) is 0 Å². The van der Waals surface area contributed by atoms with Gasteiger partial charge in [0.1, 0.15) is 0 Å². The van der Waals surface area contributed by atoms with E-state index in [0.717, 1.165) is 0 Å². The van der Waals surface area contributed by atoms with Crippen molar-refractivity contribution in [2.45, 2.75) is 0 Å². The molecule has 0 fully saturated rings. The normalized spacial score (nSPS) is 3.00. The summed E-state index contributed by atoms with van der Waals surface area (Å²) in [7, 11) is 0. The van der Waals surface area contributed by atoms with E-state index in [4.69, 9.17) is 9.90 Å². The second-order valence-electron chi connectivity index (χ2n) is 0.105. The van der Waals surface area contributed by atoms with Gasteiger partial charge < -0.3 is 5.11 Å². The van der Waals surface area contributed by atoms with Gasteiger partial charge in [-0.2, -0.15) is 0 Å². The number of hydrogen-bond acceptors (Lipinski definition) is 1. The van der Waals surface area contributed by atoms with Gasteiger partial charge in [0.05, 0.1) is 0 Å². The molecule has 0 aliphatic heterocycles. The van der Waals surface area contributed by atoms with E-state index in [1.807, 2.05) is 0 Å². The molecule has 0 amide bonds. The van der Waals surface area contributed by atoms with Crippen LogP contribution in [0.2, 0.25) is 0 Å². The Bertz CT molecular complexity index is 13.5. The first-order valence-corrected chi connectivity index (χ1v) is 0.494. The molecule has 0 radical (unpaired) electrons. The molecule has 0 spiro atoms. The summed E-state index contributed by atoms with van der Waals surface area (Å²) in [6, 6.07) is 0. The minimum Gasteiger partial charge on any atom is -0.483 e. The zero-order valence-corrected chi connectivity index (χ0v) is 6.58. The average molecular weight is 183 g/mol. The predicted molar refractivity (Wildman–Crippen MR) is 14.4 cm³/mol. The van der Waals surface area contributed by atoms with Gasteiger partial charge in [-0.15, -0.1) is 0 Å². The second-order valence-corrected chi connectivity index (χ2v) is 0.105. The first kappa shape index (κ1) is 8.90. The van der Waals surface area contributed by atoms with E-state index in [0.29, 0.717) is 0 Å². The molecule has 0 saturated carbocycles. The number of carboxylic acid groups (broad SMARTS) is 1. The van der Waals surface area contributed by atoms with Crippen molar-refractivity contribution in [2.24, 2.45) is 0 Å². The van der Waals surface area contributed by atoms with Crippen molar-refractivity contribution in [3.05, 3.63) is 0 Å². The van der Waals surface area contributed by atoms with E-state index in [1.54, 1.807) is 0 Å². The van der Waals surface area contributed by atoms with Crippen molar-refractivity contribution >= 4 is 55.4 Å². The van der Waals surface area contributed by atoms with Crippen molar-refractivity contribution in [1.29, 1.82) is 0 Å². The molecule has 18 valence electrons. The van der Waals surface area contributed by atoms with Crippen molar-refractivity contribution in [1.82, 2.24) is 0 Å². The van der Waals surface area contributed by atoms with Gasteiger partial charge in [-0.3, -0.25) is 4.79 Å². The van der Waals surface area contributed by atoms with E-state index in [-0.39, 0.29) is 55.4 Å². The fraction of sp³-hybridized carbons (Fsp3) is 0. The van der Waals surface area contributed by atoms with Crippen molar-refractivity contribution in [2.75, 3.05) is 0 Å². The second kappa shape index (κ2) is 8.97. The SMILES string of the molecule is O=CO.[Ba+2]. The zero-order chi connectivity index (χ0) is 2.71. The third-order valence-electron chi connectivity index (χ3n) is 0. The first-order valence-electron chi connectivity index (χ1n) is 0.494. The molecule has 2 nitrogen and oxygen atoms in total. The quantitative estimate of drug-likeness (QED) is 0.399. The fourth-order valence-electron chi connectivity index (χ4n) is 0. The Hall–Kier alpha value is 1.04. The Kier molecular flexibility index (Phi) is 20.0. The Morgan fingerprint density at radius 1 is 1.75 bits per heavy atom. The van der Waals surface area contributed by atoms with Crippen LogP contribution < -0.4 is 0 Å². The summed E-state index contributed by atoms with van der Waals surface area (Å²) >= 11 is 0. The van der Waals surface area contributed by atoms with Gasteiger partial charge >= 0.3 is 48.9 Å². The maximum Gasteiger partial charge on any atom is 2.00 e. The van der Waals surface area contributed by atoms with Crippen LogP contribution in [0.1, 0.15) is 0 Å². The third kappa shape index (κ3) is 11.7. The van der Waals surface area contributed by atoms with Crippen LogP contribution in [-0.2, 0) is 4.79 Å². The number of hydrogen-bond donors (Lipinski definition) is 1. The van der Waals surface area contributed by atoms with Gasteiger partial charge in [0.25, 0.3) is 6.47 Å². The minimum atomic E-state index is -0.250. The van der Waals surface area contributed by atoms with Gasteiger partial charge in [-0.1, -0.05) is 0 Å². The van der Waals surface area contributed by atoms with Crippen LogP contribution in [-0.4, -0.2) is 60.5 Å². The van der Waals surface area contributed by atoms with Crippen molar-refractivity contribution < 1.29 is 9.90 Å². The van der Waals surface area contributed by atoms with Gasteiger partial charge in [-0.05, 0) is 0 Å². The average Bonchev–Trinajstić information content (AvgIpc) is 0.918. The first-order chi connectivity index (χ1) is 1.41.